The minimum absolute atomic E-state index is 0.0367. The van der Waals surface area contributed by atoms with Gasteiger partial charge in [-0.25, -0.2) is 8.42 Å². The first kappa shape index (κ1) is 17.8. The fraction of sp³-hybridized carbons (Fsp3) is 0.500. The third kappa shape index (κ3) is 3.82. The minimum Gasteiger partial charge on any atom is -0.285 e. The molecule has 0 saturated carbocycles. The first-order valence-corrected chi connectivity index (χ1v) is 9.44. The van der Waals surface area contributed by atoms with Gasteiger partial charge >= 0.3 is 6.18 Å². The standard InChI is InChI=1S/C14H16F3N5O2S/c1-25(23,24)11-6-4-10(5-7-11)22-13(18-19-20-22)9-21-8-2-3-12(21)14(15,16)17/h4-7,12H,2-3,8-9H2,1H3. The van der Waals surface area contributed by atoms with Crippen LogP contribution in [0.2, 0.25) is 0 Å². The third-order valence-electron chi connectivity index (χ3n) is 4.13. The second-order valence-corrected chi connectivity index (χ2v) is 7.96. The molecule has 136 valence electrons. The highest BCUT2D eigenvalue weighted by atomic mass is 32.2. The Morgan fingerprint density at radius 1 is 1.24 bits per heavy atom. The Hall–Kier alpha value is -2.01. The number of sulfone groups is 1. The molecule has 3 rings (SSSR count). The maximum absolute atomic E-state index is 13.1. The van der Waals surface area contributed by atoms with E-state index in [1.807, 2.05) is 0 Å². The van der Waals surface area contributed by atoms with Crippen LogP contribution in [0, 0.1) is 0 Å². The molecule has 0 spiro atoms. The Morgan fingerprint density at radius 2 is 1.92 bits per heavy atom. The predicted octanol–water partition coefficient (Wildman–Crippen LogP) is 1.59. The zero-order valence-corrected chi connectivity index (χ0v) is 14.1. The summed E-state index contributed by atoms with van der Waals surface area (Å²) in [6.07, 6.45) is -2.66. The number of aromatic nitrogens is 4. The monoisotopic (exact) mass is 375 g/mol. The van der Waals surface area contributed by atoms with Crippen molar-refractivity contribution >= 4 is 9.84 Å². The van der Waals surface area contributed by atoms with Crippen LogP contribution >= 0.6 is 0 Å². The number of nitrogens with zero attached hydrogens (tertiary/aromatic N) is 5. The Bertz CT molecular complexity index is 848. The molecule has 1 aliphatic rings. The van der Waals surface area contributed by atoms with E-state index >= 15 is 0 Å². The van der Waals surface area contributed by atoms with Crippen molar-refractivity contribution in [1.29, 1.82) is 0 Å². The molecule has 0 N–H and O–H groups in total. The zero-order chi connectivity index (χ0) is 18.2. The quantitative estimate of drug-likeness (QED) is 0.807. The summed E-state index contributed by atoms with van der Waals surface area (Å²) in [5.41, 5.74) is 0.482. The molecule has 25 heavy (non-hydrogen) atoms. The second kappa shape index (κ2) is 6.37. The Labute approximate surface area is 142 Å². The molecule has 1 aromatic carbocycles. The van der Waals surface area contributed by atoms with Gasteiger partial charge in [0.05, 0.1) is 17.1 Å². The smallest absolute Gasteiger partial charge is 0.285 e. The van der Waals surface area contributed by atoms with Crippen molar-refractivity contribution in [3.05, 3.63) is 30.1 Å². The van der Waals surface area contributed by atoms with E-state index in [-0.39, 0.29) is 23.7 Å². The highest BCUT2D eigenvalue weighted by molar-refractivity contribution is 7.90. The van der Waals surface area contributed by atoms with Crippen LogP contribution in [-0.2, 0) is 16.4 Å². The number of hydrogen-bond donors (Lipinski definition) is 0. The zero-order valence-electron chi connectivity index (χ0n) is 13.3. The molecule has 1 saturated heterocycles. The summed E-state index contributed by atoms with van der Waals surface area (Å²) in [6.45, 7) is 0.287. The van der Waals surface area contributed by atoms with Crippen LogP contribution in [0.5, 0.6) is 0 Å². The van der Waals surface area contributed by atoms with Crippen LogP contribution in [0.15, 0.2) is 29.2 Å². The summed E-state index contributed by atoms with van der Waals surface area (Å²) in [7, 11) is -3.33. The van der Waals surface area contributed by atoms with Crippen LogP contribution < -0.4 is 0 Å². The maximum atomic E-state index is 13.1. The van der Waals surface area contributed by atoms with Gasteiger partial charge in [0, 0.05) is 6.26 Å². The van der Waals surface area contributed by atoms with Crippen LogP contribution in [0.3, 0.4) is 0 Å². The summed E-state index contributed by atoms with van der Waals surface area (Å²) >= 11 is 0. The maximum Gasteiger partial charge on any atom is 0.404 e. The van der Waals surface area contributed by atoms with Gasteiger partial charge in [0.15, 0.2) is 15.7 Å². The van der Waals surface area contributed by atoms with Crippen molar-refractivity contribution in [3.63, 3.8) is 0 Å². The van der Waals surface area contributed by atoms with Gasteiger partial charge in [-0.1, -0.05) is 0 Å². The lowest BCUT2D eigenvalue weighted by Crippen LogP contribution is -2.41. The molecule has 0 aliphatic carbocycles. The molecule has 1 fully saturated rings. The second-order valence-electron chi connectivity index (χ2n) is 5.94. The fourth-order valence-corrected chi connectivity index (χ4v) is 3.54. The van der Waals surface area contributed by atoms with Gasteiger partial charge in [-0.3, -0.25) is 4.90 Å². The number of rotatable bonds is 4. The average Bonchev–Trinajstić information content (AvgIpc) is 3.15. The van der Waals surface area contributed by atoms with Crippen molar-refractivity contribution in [3.8, 4) is 5.69 Å². The van der Waals surface area contributed by atoms with E-state index < -0.39 is 22.1 Å². The van der Waals surface area contributed by atoms with Gasteiger partial charge in [0.1, 0.15) is 6.04 Å². The predicted molar refractivity (Wildman–Crippen MR) is 81.8 cm³/mol. The molecule has 1 unspecified atom stereocenters. The lowest BCUT2D eigenvalue weighted by molar-refractivity contribution is -0.177. The highest BCUT2D eigenvalue weighted by Crippen LogP contribution is 2.33. The number of likely N-dealkylation sites (tertiary alicyclic amines) is 1. The number of tetrazole rings is 1. The van der Waals surface area contributed by atoms with E-state index in [1.54, 1.807) is 0 Å². The van der Waals surface area contributed by atoms with E-state index in [1.165, 1.54) is 33.8 Å². The molecule has 0 bridgehead atoms. The minimum atomic E-state index is -4.29. The molecule has 2 aromatic rings. The molecule has 0 amide bonds. The van der Waals surface area contributed by atoms with Gasteiger partial charge < -0.3 is 0 Å². The van der Waals surface area contributed by atoms with Gasteiger partial charge in [-0.15, -0.1) is 5.10 Å². The topological polar surface area (TPSA) is 81.0 Å². The first-order chi connectivity index (χ1) is 11.7. The van der Waals surface area contributed by atoms with Crippen LogP contribution in [0.25, 0.3) is 5.69 Å². The first-order valence-electron chi connectivity index (χ1n) is 7.55. The van der Waals surface area contributed by atoms with Crippen molar-refractivity contribution in [2.24, 2.45) is 0 Å². The molecule has 2 heterocycles. The molecule has 7 nitrogen and oxygen atoms in total. The fourth-order valence-electron chi connectivity index (χ4n) is 2.91. The normalized spacial score (nSPS) is 19.4. The number of hydrogen-bond acceptors (Lipinski definition) is 6. The van der Waals surface area contributed by atoms with Crippen molar-refractivity contribution in [2.45, 2.75) is 36.5 Å². The molecular weight excluding hydrogens is 359 g/mol. The SMILES string of the molecule is CS(=O)(=O)c1ccc(-n2nnnc2CN2CCCC2C(F)(F)F)cc1. The van der Waals surface area contributed by atoms with Crippen LogP contribution in [-0.4, -0.2) is 58.5 Å². The summed E-state index contributed by atoms with van der Waals surface area (Å²) in [5, 5.41) is 11.2. The van der Waals surface area contributed by atoms with Crippen molar-refractivity contribution in [1.82, 2.24) is 25.1 Å². The van der Waals surface area contributed by atoms with E-state index in [2.05, 4.69) is 15.5 Å². The Kier molecular flexibility index (Phi) is 4.54. The van der Waals surface area contributed by atoms with E-state index in [9.17, 15) is 21.6 Å². The summed E-state index contributed by atoms with van der Waals surface area (Å²) in [5.74, 6) is 0.267. The summed E-state index contributed by atoms with van der Waals surface area (Å²) < 4.78 is 63.5. The lowest BCUT2D eigenvalue weighted by Gasteiger charge is -2.25. The van der Waals surface area contributed by atoms with Crippen LogP contribution in [0.4, 0.5) is 13.2 Å². The molecule has 1 atom stereocenters. The lowest BCUT2D eigenvalue weighted by atomic mass is 10.2. The number of halogens is 3. The highest BCUT2D eigenvalue weighted by Gasteiger charge is 2.46. The Balaban J connectivity index is 1.84. The van der Waals surface area contributed by atoms with Gasteiger partial charge in [-0.05, 0) is 54.1 Å². The van der Waals surface area contributed by atoms with Gasteiger partial charge in [0.2, 0.25) is 0 Å². The third-order valence-corrected chi connectivity index (χ3v) is 5.26. The average molecular weight is 375 g/mol. The van der Waals surface area contributed by atoms with Gasteiger partial charge in [0.25, 0.3) is 0 Å². The molecule has 1 aromatic heterocycles. The Morgan fingerprint density at radius 3 is 2.52 bits per heavy atom. The number of alkyl halides is 3. The molecule has 1 aliphatic heterocycles. The largest absolute Gasteiger partial charge is 0.404 e. The van der Waals surface area contributed by atoms with Crippen molar-refractivity contribution in [2.75, 3.05) is 12.8 Å². The van der Waals surface area contributed by atoms with E-state index in [0.29, 0.717) is 18.7 Å². The van der Waals surface area contributed by atoms with Crippen LogP contribution in [0.1, 0.15) is 18.7 Å². The summed E-state index contributed by atoms with van der Waals surface area (Å²) in [6, 6.07) is 4.35. The van der Waals surface area contributed by atoms with E-state index in [0.717, 1.165) is 6.26 Å². The number of benzene rings is 1. The van der Waals surface area contributed by atoms with Gasteiger partial charge in [-0.2, -0.15) is 17.9 Å². The van der Waals surface area contributed by atoms with Crippen molar-refractivity contribution < 1.29 is 21.6 Å². The van der Waals surface area contributed by atoms with E-state index in [4.69, 9.17) is 0 Å². The molecular formula is C14H16F3N5O2S. The molecule has 11 heteroatoms. The molecule has 0 radical (unpaired) electrons. The summed E-state index contributed by atoms with van der Waals surface area (Å²) in [4.78, 5) is 1.45.